The topological polar surface area (TPSA) is 88.5 Å². The van der Waals surface area contributed by atoms with Gasteiger partial charge in [0.15, 0.2) is 0 Å². The average molecular weight is 468 g/mol. The number of rotatable bonds is 9. The number of aliphatic imine (C=N–C) groups is 1. The summed E-state index contributed by atoms with van der Waals surface area (Å²) < 4.78 is 17.0. The summed E-state index contributed by atoms with van der Waals surface area (Å²) in [5.41, 5.74) is 3.39. The average Bonchev–Trinajstić information content (AvgIpc) is 2.89. The van der Waals surface area contributed by atoms with Crippen LogP contribution in [-0.4, -0.2) is 94.8 Å². The molecule has 0 saturated carbocycles. The van der Waals surface area contributed by atoms with Gasteiger partial charge in [-0.1, -0.05) is 12.1 Å². The third-order valence-electron chi connectivity index (χ3n) is 5.85. The van der Waals surface area contributed by atoms with Gasteiger partial charge in [-0.2, -0.15) is 0 Å². The first-order valence-electron chi connectivity index (χ1n) is 11.8. The van der Waals surface area contributed by atoms with Gasteiger partial charge in [0.1, 0.15) is 6.61 Å². The summed E-state index contributed by atoms with van der Waals surface area (Å²) in [6.07, 6.45) is 1.77. The summed E-state index contributed by atoms with van der Waals surface area (Å²) in [4.78, 5) is 25.8. The highest BCUT2D eigenvalue weighted by Crippen LogP contribution is 2.23. The molecule has 182 valence electrons. The molecule has 0 atom stereocenters. The lowest BCUT2D eigenvalue weighted by atomic mass is 10.1. The van der Waals surface area contributed by atoms with Crippen molar-refractivity contribution in [1.29, 1.82) is 0 Å². The Balaban J connectivity index is 1.43. The third kappa shape index (κ3) is 6.99. The summed E-state index contributed by atoms with van der Waals surface area (Å²) in [7, 11) is 1.62. The molecule has 1 aromatic heterocycles. The molecule has 4 rings (SSSR count). The molecular weight excluding hydrogens is 434 g/mol. The molecule has 9 nitrogen and oxygen atoms in total. The van der Waals surface area contributed by atoms with Crippen LogP contribution < -0.4 is 15.0 Å². The van der Waals surface area contributed by atoms with E-state index in [9.17, 15) is 4.79 Å². The van der Waals surface area contributed by atoms with Crippen molar-refractivity contribution in [3.05, 3.63) is 53.2 Å². The van der Waals surface area contributed by atoms with E-state index in [2.05, 4.69) is 26.2 Å². The maximum absolute atomic E-state index is 11.9. The quantitative estimate of drug-likeness (QED) is 0.561. The summed E-state index contributed by atoms with van der Waals surface area (Å²) in [5.74, 6) is 0.498. The number of anilines is 1. The van der Waals surface area contributed by atoms with Gasteiger partial charge in [-0.15, -0.1) is 0 Å². The van der Waals surface area contributed by atoms with Crippen molar-refractivity contribution in [2.75, 3.05) is 77.7 Å². The van der Waals surface area contributed by atoms with Gasteiger partial charge in [-0.3, -0.25) is 14.7 Å². The van der Waals surface area contributed by atoms with Gasteiger partial charge < -0.3 is 24.4 Å². The molecule has 1 amide bonds. The second-order valence-electron chi connectivity index (χ2n) is 8.23. The van der Waals surface area contributed by atoms with E-state index in [-0.39, 0.29) is 5.91 Å². The lowest BCUT2D eigenvalue weighted by Crippen LogP contribution is -2.38. The van der Waals surface area contributed by atoms with Gasteiger partial charge in [0.2, 0.25) is 5.88 Å². The maximum Gasteiger partial charge on any atom is 0.251 e. The van der Waals surface area contributed by atoms with Crippen LogP contribution in [0.25, 0.3) is 0 Å². The van der Waals surface area contributed by atoms with Gasteiger partial charge in [-0.25, -0.2) is 4.98 Å². The summed E-state index contributed by atoms with van der Waals surface area (Å²) >= 11 is 0. The van der Waals surface area contributed by atoms with E-state index in [0.29, 0.717) is 37.8 Å². The molecule has 2 aliphatic heterocycles. The molecule has 9 heteroatoms. The van der Waals surface area contributed by atoms with E-state index in [1.54, 1.807) is 19.3 Å². The van der Waals surface area contributed by atoms with Crippen molar-refractivity contribution >= 4 is 17.8 Å². The molecule has 0 spiro atoms. The fourth-order valence-corrected chi connectivity index (χ4v) is 3.96. The predicted octanol–water partition coefficient (Wildman–Crippen LogP) is 1.61. The molecule has 0 aliphatic carbocycles. The number of nitrogens with one attached hydrogen (secondary N) is 1. The van der Waals surface area contributed by atoms with E-state index < -0.39 is 0 Å². The Labute approximate surface area is 200 Å². The number of carbonyl (C=O) groups is 1. The van der Waals surface area contributed by atoms with Crippen LogP contribution in [0.15, 0.2) is 41.4 Å². The van der Waals surface area contributed by atoms with Crippen LogP contribution in [0.2, 0.25) is 0 Å². The lowest BCUT2D eigenvalue weighted by molar-refractivity contribution is 0.0320. The first-order chi connectivity index (χ1) is 16.7. The molecule has 1 N–H and O–H groups in total. The number of ether oxygens (including phenoxy) is 3. The number of hydrogen-bond acceptors (Lipinski definition) is 8. The zero-order chi connectivity index (χ0) is 23.6. The van der Waals surface area contributed by atoms with E-state index in [1.807, 2.05) is 24.3 Å². The number of nitrogens with zero attached hydrogens (tertiary/aromatic N) is 4. The van der Waals surface area contributed by atoms with Gasteiger partial charge in [0.25, 0.3) is 5.91 Å². The van der Waals surface area contributed by atoms with Gasteiger partial charge in [0.05, 0.1) is 38.7 Å². The van der Waals surface area contributed by atoms with Crippen LogP contribution >= 0.6 is 0 Å². The van der Waals surface area contributed by atoms with Crippen LogP contribution in [-0.2, 0) is 16.0 Å². The highest BCUT2D eigenvalue weighted by atomic mass is 16.5. The highest BCUT2D eigenvalue weighted by Gasteiger charge is 2.15. The molecule has 2 aromatic rings. The van der Waals surface area contributed by atoms with Crippen molar-refractivity contribution in [1.82, 2.24) is 15.2 Å². The van der Waals surface area contributed by atoms with Gasteiger partial charge in [-0.05, 0) is 23.8 Å². The second-order valence-corrected chi connectivity index (χ2v) is 8.23. The Morgan fingerprint density at radius 2 is 1.88 bits per heavy atom. The van der Waals surface area contributed by atoms with Crippen molar-refractivity contribution < 1.29 is 19.0 Å². The maximum atomic E-state index is 11.9. The summed E-state index contributed by atoms with van der Waals surface area (Å²) in [5, 5.41) is 2.64. The molecule has 0 unspecified atom stereocenters. The van der Waals surface area contributed by atoms with Crippen molar-refractivity contribution in [3.8, 4) is 5.88 Å². The number of aromatic nitrogens is 1. The first kappa shape index (κ1) is 24.1. The fourth-order valence-electron chi connectivity index (χ4n) is 3.96. The molecule has 1 aromatic carbocycles. The Morgan fingerprint density at radius 1 is 1.12 bits per heavy atom. The van der Waals surface area contributed by atoms with Crippen molar-refractivity contribution in [2.45, 2.75) is 6.54 Å². The minimum Gasteiger partial charge on any atom is -0.476 e. The molecule has 3 heterocycles. The fraction of sp³-hybridized carbons (Fsp3) is 0.480. The summed E-state index contributed by atoms with van der Waals surface area (Å²) in [6.45, 7) is 8.38. The van der Waals surface area contributed by atoms with E-state index in [4.69, 9.17) is 19.2 Å². The molecule has 0 radical (unpaired) electrons. The third-order valence-corrected chi connectivity index (χ3v) is 5.85. The Hall–Kier alpha value is -3.01. The van der Waals surface area contributed by atoms with Crippen LogP contribution in [0.5, 0.6) is 5.88 Å². The number of hydrogen-bond donors (Lipinski definition) is 1. The summed E-state index contributed by atoms with van der Waals surface area (Å²) in [6, 6.07) is 11.4. The zero-order valence-electron chi connectivity index (χ0n) is 19.7. The predicted molar refractivity (Wildman–Crippen MR) is 131 cm³/mol. The van der Waals surface area contributed by atoms with Gasteiger partial charge in [0, 0.05) is 63.3 Å². The van der Waals surface area contributed by atoms with Crippen LogP contribution in [0.4, 0.5) is 5.69 Å². The smallest absolute Gasteiger partial charge is 0.251 e. The van der Waals surface area contributed by atoms with Crippen LogP contribution in [0, 0.1) is 0 Å². The SMILES string of the molecule is CNC(=O)c1cccc(C=NCc2cc(N3CCOCC3)cc(OCCN3CCOCC3)n2)c1. The minimum absolute atomic E-state index is 0.117. The van der Waals surface area contributed by atoms with Gasteiger partial charge >= 0.3 is 0 Å². The monoisotopic (exact) mass is 467 g/mol. The number of benzene rings is 1. The van der Waals surface area contributed by atoms with Crippen molar-refractivity contribution in [3.63, 3.8) is 0 Å². The number of carbonyl (C=O) groups excluding carboxylic acids is 1. The Bertz CT molecular complexity index is 972. The number of pyridine rings is 1. The largest absolute Gasteiger partial charge is 0.476 e. The second kappa shape index (κ2) is 12.5. The molecule has 0 bridgehead atoms. The highest BCUT2D eigenvalue weighted by molar-refractivity contribution is 5.95. The van der Waals surface area contributed by atoms with E-state index in [0.717, 1.165) is 62.9 Å². The molecular formula is C25H33N5O4. The van der Waals surface area contributed by atoms with Crippen LogP contribution in [0.1, 0.15) is 21.6 Å². The molecule has 34 heavy (non-hydrogen) atoms. The minimum atomic E-state index is -0.117. The zero-order valence-corrected chi connectivity index (χ0v) is 19.7. The Kier molecular flexibility index (Phi) is 8.84. The van der Waals surface area contributed by atoms with Crippen LogP contribution in [0.3, 0.4) is 0 Å². The first-order valence-corrected chi connectivity index (χ1v) is 11.8. The number of morpholine rings is 2. The Morgan fingerprint density at radius 3 is 2.65 bits per heavy atom. The number of amides is 1. The lowest BCUT2D eigenvalue weighted by Gasteiger charge is -2.29. The molecule has 2 saturated heterocycles. The van der Waals surface area contributed by atoms with E-state index >= 15 is 0 Å². The standard InChI is InChI=1S/C25H33N5O4/c1-26-25(31)21-4-2-3-20(15-21)18-27-19-22-16-23(30-8-12-33-13-9-30)17-24(28-22)34-14-7-29-5-10-32-11-6-29/h2-4,15-18H,5-14,19H2,1H3,(H,26,31). The van der Waals surface area contributed by atoms with E-state index in [1.165, 1.54) is 0 Å². The molecule has 2 aliphatic rings. The normalized spacial score (nSPS) is 17.1. The van der Waals surface area contributed by atoms with Crippen molar-refractivity contribution in [2.24, 2.45) is 4.99 Å². The molecule has 2 fully saturated rings.